The van der Waals surface area contributed by atoms with Crippen molar-refractivity contribution >= 4 is 32.8 Å². The first-order valence-corrected chi connectivity index (χ1v) is 13.2. The van der Waals surface area contributed by atoms with E-state index in [0.717, 1.165) is 51.8 Å². The highest BCUT2D eigenvalue weighted by atomic mass is 19.1. The molecule has 202 valence electrons. The first-order chi connectivity index (χ1) is 19.5. The van der Waals surface area contributed by atoms with Crippen LogP contribution in [-0.4, -0.2) is 63.4 Å². The van der Waals surface area contributed by atoms with Crippen LogP contribution in [0.1, 0.15) is 17.3 Å². The first kappa shape index (κ1) is 24.6. The predicted octanol–water partition coefficient (Wildman–Crippen LogP) is 5.58. The van der Waals surface area contributed by atoms with E-state index in [1.165, 1.54) is 12.1 Å². The monoisotopic (exact) mass is 538 g/mol. The summed E-state index contributed by atoms with van der Waals surface area (Å²) in [5.41, 5.74) is 6.31. The Bertz CT molecular complexity index is 1890. The fourth-order valence-electron chi connectivity index (χ4n) is 5.65. The van der Waals surface area contributed by atoms with Crippen LogP contribution in [0.5, 0.6) is 5.75 Å². The number of aromatic nitrogens is 5. The van der Waals surface area contributed by atoms with E-state index >= 15 is 0 Å². The van der Waals surface area contributed by atoms with Gasteiger partial charge in [-0.2, -0.15) is 0 Å². The quantitative estimate of drug-likeness (QED) is 0.304. The van der Waals surface area contributed by atoms with Gasteiger partial charge in [0.25, 0.3) is 0 Å². The fraction of sp³-hybridized carbons (Fsp3) is 0.267. The molecule has 4 aromatic heterocycles. The molecule has 1 aliphatic heterocycles. The molecule has 40 heavy (non-hydrogen) atoms. The van der Waals surface area contributed by atoms with Gasteiger partial charge in [-0.05, 0) is 50.2 Å². The second-order valence-electron chi connectivity index (χ2n) is 10.0. The van der Waals surface area contributed by atoms with Crippen LogP contribution in [0.3, 0.4) is 0 Å². The number of nitrogens with zero attached hydrogens (tertiary/aromatic N) is 5. The fourth-order valence-corrected chi connectivity index (χ4v) is 5.65. The Labute approximate surface area is 228 Å². The summed E-state index contributed by atoms with van der Waals surface area (Å²) in [7, 11) is 1.65. The molecule has 1 fully saturated rings. The van der Waals surface area contributed by atoms with Gasteiger partial charge in [-0.3, -0.25) is 9.88 Å². The zero-order chi connectivity index (χ0) is 27.4. The molecule has 1 N–H and O–H groups in total. The Morgan fingerprint density at radius 3 is 2.65 bits per heavy atom. The number of benzene rings is 2. The Kier molecular flexibility index (Phi) is 5.94. The molecule has 0 radical (unpaired) electrons. The summed E-state index contributed by atoms with van der Waals surface area (Å²) >= 11 is 0. The molecule has 0 saturated carbocycles. The lowest BCUT2D eigenvalue weighted by Crippen LogP contribution is -2.36. The average molecular weight is 539 g/mol. The molecule has 0 aliphatic carbocycles. The van der Waals surface area contributed by atoms with Crippen molar-refractivity contribution in [2.24, 2.45) is 0 Å². The highest BCUT2D eigenvalue weighted by molar-refractivity contribution is 6.15. The minimum Gasteiger partial charge on any atom is -0.496 e. The molecule has 9 nitrogen and oxygen atoms in total. The molecule has 7 rings (SSSR count). The van der Waals surface area contributed by atoms with Crippen molar-refractivity contribution in [3.63, 3.8) is 0 Å². The highest BCUT2D eigenvalue weighted by Gasteiger charge is 2.23. The Morgan fingerprint density at radius 2 is 1.88 bits per heavy atom. The van der Waals surface area contributed by atoms with E-state index in [9.17, 15) is 4.39 Å². The lowest BCUT2D eigenvalue weighted by molar-refractivity contribution is 0.0331. The van der Waals surface area contributed by atoms with Crippen LogP contribution in [0.15, 0.2) is 47.1 Å². The molecule has 6 aromatic rings. The number of halogens is 1. The zero-order valence-electron chi connectivity index (χ0n) is 22.4. The van der Waals surface area contributed by atoms with Crippen LogP contribution >= 0.6 is 0 Å². The molecule has 1 aliphatic rings. The van der Waals surface area contributed by atoms with Crippen LogP contribution in [0.2, 0.25) is 0 Å². The van der Waals surface area contributed by atoms with Gasteiger partial charge in [0.15, 0.2) is 0 Å². The molecule has 0 spiro atoms. The normalized spacial score (nSPS) is 14.5. The molecule has 0 amide bonds. The Morgan fingerprint density at radius 1 is 1.02 bits per heavy atom. The summed E-state index contributed by atoms with van der Waals surface area (Å²) in [6.45, 7) is 7.36. The lowest BCUT2D eigenvalue weighted by atomic mass is 9.99. The predicted molar refractivity (Wildman–Crippen MR) is 150 cm³/mol. The van der Waals surface area contributed by atoms with Crippen molar-refractivity contribution in [1.29, 1.82) is 0 Å². The Hall–Kier alpha value is -4.41. The number of ether oxygens (including phenoxy) is 2. The number of pyridine rings is 1. The van der Waals surface area contributed by atoms with Crippen LogP contribution < -0.4 is 4.74 Å². The maximum atomic E-state index is 14.5. The van der Waals surface area contributed by atoms with Crippen molar-refractivity contribution in [2.75, 3.05) is 33.4 Å². The molecule has 0 atom stereocenters. The summed E-state index contributed by atoms with van der Waals surface area (Å²) in [6.07, 6.45) is 1.73. The average Bonchev–Trinajstić information content (AvgIpc) is 3.49. The van der Waals surface area contributed by atoms with Crippen LogP contribution in [0.4, 0.5) is 4.39 Å². The van der Waals surface area contributed by atoms with E-state index in [2.05, 4.69) is 20.0 Å². The Balaban J connectivity index is 1.51. The standard InChI is InChI=1S/C30H27FN6O3/c1-16-27(17(2)40-36-16)22-13-24-21(14-25(22)38-3)28-29(19-6-7-32-23-5-4-18(31)12-20(19)23)34-26(35-30(28)33-24)15-37-8-10-39-11-9-37/h4-7,12-14H,8-11,15H2,1-3H3,(H,33,34,35). The van der Waals surface area contributed by atoms with Gasteiger partial charge < -0.3 is 19.0 Å². The third-order valence-electron chi connectivity index (χ3n) is 7.55. The highest BCUT2D eigenvalue weighted by Crippen LogP contribution is 2.42. The van der Waals surface area contributed by atoms with E-state index < -0.39 is 0 Å². The number of morpholine rings is 1. The van der Waals surface area contributed by atoms with Crippen LogP contribution in [0.25, 0.3) is 55.2 Å². The van der Waals surface area contributed by atoms with E-state index in [1.807, 2.05) is 32.0 Å². The van der Waals surface area contributed by atoms with Crippen LogP contribution in [0, 0.1) is 19.7 Å². The van der Waals surface area contributed by atoms with Gasteiger partial charge in [0.2, 0.25) is 0 Å². The summed E-state index contributed by atoms with van der Waals surface area (Å²) in [4.78, 5) is 20.3. The summed E-state index contributed by atoms with van der Waals surface area (Å²) in [5.74, 6) is 1.74. The number of hydrogen-bond donors (Lipinski definition) is 1. The van der Waals surface area contributed by atoms with Crippen molar-refractivity contribution in [3.05, 3.63) is 65.7 Å². The minimum atomic E-state index is -0.328. The SMILES string of the molecule is COc1cc2c(cc1-c1c(C)noc1C)[nH]c1nc(CN3CCOCC3)nc(-c3ccnc4ccc(F)cc34)c12. The number of rotatable bonds is 5. The van der Waals surface area contributed by atoms with E-state index in [1.54, 1.807) is 19.4 Å². The van der Waals surface area contributed by atoms with Crippen molar-refractivity contribution in [3.8, 4) is 28.1 Å². The number of nitrogens with one attached hydrogen (secondary N) is 1. The summed E-state index contributed by atoms with van der Waals surface area (Å²) < 4.78 is 31.3. The van der Waals surface area contributed by atoms with E-state index in [0.29, 0.717) is 59.3 Å². The van der Waals surface area contributed by atoms with Gasteiger partial charge in [-0.15, -0.1) is 0 Å². The van der Waals surface area contributed by atoms with E-state index in [4.69, 9.17) is 24.0 Å². The van der Waals surface area contributed by atoms with Gasteiger partial charge in [0.05, 0.1) is 54.7 Å². The molecular formula is C30H27FN6O3. The number of hydrogen-bond acceptors (Lipinski definition) is 8. The third kappa shape index (κ3) is 4.07. The van der Waals surface area contributed by atoms with Gasteiger partial charge in [-0.25, -0.2) is 14.4 Å². The second-order valence-corrected chi connectivity index (χ2v) is 10.0. The largest absolute Gasteiger partial charge is 0.496 e. The first-order valence-electron chi connectivity index (χ1n) is 13.2. The molecule has 0 unspecified atom stereocenters. The smallest absolute Gasteiger partial charge is 0.145 e. The molecule has 1 saturated heterocycles. The van der Waals surface area contributed by atoms with Gasteiger partial charge in [0, 0.05) is 46.7 Å². The maximum absolute atomic E-state index is 14.5. The third-order valence-corrected chi connectivity index (χ3v) is 7.55. The molecule has 2 aromatic carbocycles. The number of H-pyrrole nitrogens is 1. The van der Waals surface area contributed by atoms with Crippen molar-refractivity contribution in [1.82, 2.24) is 30.0 Å². The van der Waals surface area contributed by atoms with E-state index in [-0.39, 0.29) is 5.82 Å². The molecule has 5 heterocycles. The number of aryl methyl sites for hydroxylation is 2. The second kappa shape index (κ2) is 9.65. The van der Waals surface area contributed by atoms with Gasteiger partial charge in [-0.1, -0.05) is 5.16 Å². The maximum Gasteiger partial charge on any atom is 0.145 e. The lowest BCUT2D eigenvalue weighted by Gasteiger charge is -2.25. The topological polar surface area (TPSA) is 102 Å². The molecule has 0 bridgehead atoms. The van der Waals surface area contributed by atoms with Gasteiger partial charge >= 0.3 is 0 Å². The zero-order valence-corrected chi connectivity index (χ0v) is 22.4. The molecular weight excluding hydrogens is 511 g/mol. The van der Waals surface area contributed by atoms with Gasteiger partial charge in [0.1, 0.15) is 28.8 Å². The summed E-state index contributed by atoms with van der Waals surface area (Å²) in [6, 6.07) is 10.5. The number of methoxy groups -OCH3 is 1. The number of fused-ring (bicyclic) bond motifs is 4. The van der Waals surface area contributed by atoms with Crippen molar-refractivity contribution < 1.29 is 18.4 Å². The van der Waals surface area contributed by atoms with Crippen LogP contribution in [-0.2, 0) is 11.3 Å². The molecule has 10 heteroatoms. The van der Waals surface area contributed by atoms with Crippen molar-refractivity contribution in [2.45, 2.75) is 20.4 Å². The summed E-state index contributed by atoms with van der Waals surface area (Å²) in [5, 5.41) is 6.56. The minimum absolute atomic E-state index is 0.328. The number of aromatic amines is 1.